The number of hydrogen-bond donors (Lipinski definition) is 4. The Kier molecular flexibility index (Phi) is 6.44. The van der Waals surface area contributed by atoms with Crippen molar-refractivity contribution >= 4 is 27.5 Å². The summed E-state index contributed by atoms with van der Waals surface area (Å²) in [6, 6.07) is 6.38. The van der Waals surface area contributed by atoms with E-state index in [1.165, 1.54) is 17.1 Å². The summed E-state index contributed by atoms with van der Waals surface area (Å²) in [5, 5.41) is 4.93. The molecule has 0 saturated heterocycles. The molecule has 1 aromatic carbocycles. The van der Waals surface area contributed by atoms with Gasteiger partial charge in [0.15, 0.2) is 5.03 Å². The standard InChI is InChI=1S/C15H20N6O4S/c1-21-9-14(18-10-21)26(24,25)19-8-13(22)20-12-5-3-2-4-11(12)15(23)17-7-6-16/h2-5,9-10,19H,6-8,16H2,1H3,(H,17,23)(H,20,22). The summed E-state index contributed by atoms with van der Waals surface area (Å²) in [5.74, 6) is -1.01. The summed E-state index contributed by atoms with van der Waals surface area (Å²) in [5.41, 5.74) is 5.87. The Morgan fingerprint density at radius 3 is 2.65 bits per heavy atom. The fourth-order valence-corrected chi connectivity index (χ4v) is 2.99. The molecule has 1 aromatic heterocycles. The molecule has 26 heavy (non-hydrogen) atoms. The van der Waals surface area contributed by atoms with E-state index in [1.54, 1.807) is 31.3 Å². The van der Waals surface area contributed by atoms with E-state index in [9.17, 15) is 18.0 Å². The molecule has 2 aromatic rings. The molecule has 1 heterocycles. The minimum atomic E-state index is -3.90. The maximum Gasteiger partial charge on any atom is 0.260 e. The van der Waals surface area contributed by atoms with Gasteiger partial charge < -0.3 is 20.9 Å². The number of carbonyl (C=O) groups excluding carboxylic acids is 2. The van der Waals surface area contributed by atoms with Crippen molar-refractivity contribution in [3.05, 3.63) is 42.4 Å². The Morgan fingerprint density at radius 2 is 2.00 bits per heavy atom. The molecule has 0 fully saturated rings. The molecule has 0 atom stereocenters. The number of sulfonamides is 1. The van der Waals surface area contributed by atoms with E-state index in [-0.39, 0.29) is 28.7 Å². The first-order valence-corrected chi connectivity index (χ1v) is 9.16. The van der Waals surface area contributed by atoms with E-state index in [0.717, 1.165) is 0 Å². The fraction of sp³-hybridized carbons (Fsp3) is 0.267. The number of nitrogens with two attached hydrogens (primary N) is 1. The van der Waals surface area contributed by atoms with Gasteiger partial charge in [0.25, 0.3) is 15.9 Å². The number of para-hydroxylation sites is 1. The van der Waals surface area contributed by atoms with E-state index >= 15 is 0 Å². The second kappa shape index (κ2) is 8.56. The monoisotopic (exact) mass is 380 g/mol. The molecule has 0 bridgehead atoms. The lowest BCUT2D eigenvalue weighted by atomic mass is 10.1. The van der Waals surface area contributed by atoms with Crippen LogP contribution in [0.2, 0.25) is 0 Å². The lowest BCUT2D eigenvalue weighted by molar-refractivity contribution is -0.115. The van der Waals surface area contributed by atoms with Crippen LogP contribution >= 0.6 is 0 Å². The van der Waals surface area contributed by atoms with Crippen molar-refractivity contribution in [1.82, 2.24) is 19.6 Å². The second-order valence-corrected chi connectivity index (χ2v) is 7.05. The van der Waals surface area contributed by atoms with E-state index in [0.29, 0.717) is 6.54 Å². The summed E-state index contributed by atoms with van der Waals surface area (Å²) in [6.07, 6.45) is 2.65. The van der Waals surface area contributed by atoms with Gasteiger partial charge in [0.05, 0.1) is 24.1 Å². The zero-order chi connectivity index (χ0) is 19.2. The van der Waals surface area contributed by atoms with Crippen LogP contribution in [0.25, 0.3) is 0 Å². The molecule has 0 aliphatic carbocycles. The number of carbonyl (C=O) groups is 2. The summed E-state index contributed by atoms with van der Waals surface area (Å²) in [6.45, 7) is 0.0816. The highest BCUT2D eigenvalue weighted by Crippen LogP contribution is 2.14. The minimum Gasteiger partial charge on any atom is -0.351 e. The van der Waals surface area contributed by atoms with Crippen LogP contribution < -0.4 is 21.1 Å². The summed E-state index contributed by atoms with van der Waals surface area (Å²) in [7, 11) is -2.27. The molecule has 0 spiro atoms. The number of benzene rings is 1. The zero-order valence-corrected chi connectivity index (χ0v) is 14.9. The summed E-state index contributed by atoms with van der Waals surface area (Å²) in [4.78, 5) is 27.9. The van der Waals surface area contributed by atoms with Crippen LogP contribution in [0.15, 0.2) is 41.8 Å². The number of nitrogens with one attached hydrogen (secondary N) is 3. The Labute approximate surface area is 150 Å². The molecule has 0 unspecified atom stereocenters. The number of nitrogens with zero attached hydrogens (tertiary/aromatic N) is 2. The SMILES string of the molecule is Cn1cnc(S(=O)(=O)NCC(=O)Nc2ccccc2C(=O)NCCN)c1. The van der Waals surface area contributed by atoms with E-state index in [4.69, 9.17) is 5.73 Å². The third-order valence-electron chi connectivity index (χ3n) is 3.25. The van der Waals surface area contributed by atoms with Crippen LogP contribution in [-0.2, 0) is 21.9 Å². The number of amides is 2. The molecule has 0 saturated carbocycles. The van der Waals surface area contributed by atoms with Crippen molar-refractivity contribution in [2.24, 2.45) is 12.8 Å². The van der Waals surface area contributed by atoms with Gasteiger partial charge in [-0.1, -0.05) is 12.1 Å². The fourth-order valence-electron chi connectivity index (χ4n) is 2.03. The van der Waals surface area contributed by atoms with Gasteiger partial charge in [-0.3, -0.25) is 9.59 Å². The van der Waals surface area contributed by atoms with Crippen molar-refractivity contribution < 1.29 is 18.0 Å². The van der Waals surface area contributed by atoms with Crippen LogP contribution in [0.5, 0.6) is 0 Å². The zero-order valence-electron chi connectivity index (χ0n) is 14.1. The average Bonchev–Trinajstić information content (AvgIpc) is 3.06. The van der Waals surface area contributed by atoms with Crippen molar-refractivity contribution in [2.45, 2.75) is 5.03 Å². The van der Waals surface area contributed by atoms with Crippen molar-refractivity contribution in [3.8, 4) is 0 Å². The number of aryl methyl sites for hydroxylation is 1. The summed E-state index contributed by atoms with van der Waals surface area (Å²) >= 11 is 0. The van der Waals surface area contributed by atoms with Crippen LogP contribution in [0.3, 0.4) is 0 Å². The number of rotatable bonds is 8. The van der Waals surface area contributed by atoms with Gasteiger partial charge in [-0.2, -0.15) is 0 Å². The third-order valence-corrected chi connectivity index (χ3v) is 4.54. The van der Waals surface area contributed by atoms with E-state index in [2.05, 4.69) is 20.3 Å². The molecule has 5 N–H and O–H groups in total. The highest BCUT2D eigenvalue weighted by Gasteiger charge is 2.19. The van der Waals surface area contributed by atoms with Gasteiger partial charge in [0.2, 0.25) is 5.91 Å². The molecule has 2 rings (SSSR count). The molecular formula is C15H20N6O4S. The molecule has 140 valence electrons. The molecular weight excluding hydrogens is 360 g/mol. The molecule has 0 radical (unpaired) electrons. The predicted molar refractivity (Wildman–Crippen MR) is 94.9 cm³/mol. The lowest BCUT2D eigenvalue weighted by Crippen LogP contribution is -2.34. The van der Waals surface area contributed by atoms with Gasteiger partial charge in [-0.05, 0) is 12.1 Å². The first kappa shape index (κ1) is 19.6. The number of anilines is 1. The van der Waals surface area contributed by atoms with Gasteiger partial charge >= 0.3 is 0 Å². The number of aromatic nitrogens is 2. The lowest BCUT2D eigenvalue weighted by Gasteiger charge is -2.11. The maximum atomic E-state index is 12.1. The Hall–Kier alpha value is -2.76. The Bertz CT molecular complexity index is 893. The van der Waals surface area contributed by atoms with Crippen LogP contribution in [0, 0.1) is 0 Å². The Morgan fingerprint density at radius 1 is 1.27 bits per heavy atom. The quantitative estimate of drug-likeness (QED) is 0.463. The molecule has 10 nitrogen and oxygen atoms in total. The van der Waals surface area contributed by atoms with Gasteiger partial charge in [-0.25, -0.2) is 18.1 Å². The predicted octanol–water partition coefficient (Wildman–Crippen LogP) is -0.974. The first-order chi connectivity index (χ1) is 12.3. The molecule has 0 aliphatic heterocycles. The Balaban J connectivity index is 2.01. The van der Waals surface area contributed by atoms with Crippen molar-refractivity contribution in [2.75, 3.05) is 25.0 Å². The highest BCUT2D eigenvalue weighted by molar-refractivity contribution is 7.89. The van der Waals surface area contributed by atoms with Crippen LogP contribution in [0.1, 0.15) is 10.4 Å². The third kappa shape index (κ3) is 5.12. The minimum absolute atomic E-state index is 0.186. The molecule has 0 aliphatic rings. The largest absolute Gasteiger partial charge is 0.351 e. The first-order valence-electron chi connectivity index (χ1n) is 7.68. The van der Waals surface area contributed by atoms with Crippen molar-refractivity contribution in [1.29, 1.82) is 0 Å². The summed E-state index contributed by atoms with van der Waals surface area (Å²) < 4.78 is 27.7. The smallest absolute Gasteiger partial charge is 0.260 e. The van der Waals surface area contributed by atoms with Gasteiger partial charge in [-0.15, -0.1) is 0 Å². The average molecular weight is 380 g/mol. The maximum absolute atomic E-state index is 12.1. The van der Waals surface area contributed by atoms with E-state index in [1.807, 2.05) is 0 Å². The second-order valence-electron chi connectivity index (χ2n) is 5.34. The number of imidazole rings is 1. The van der Waals surface area contributed by atoms with Gasteiger partial charge in [0, 0.05) is 26.3 Å². The van der Waals surface area contributed by atoms with Crippen molar-refractivity contribution in [3.63, 3.8) is 0 Å². The molecule has 11 heteroatoms. The number of hydrogen-bond acceptors (Lipinski definition) is 6. The normalized spacial score (nSPS) is 11.2. The van der Waals surface area contributed by atoms with E-state index < -0.39 is 22.5 Å². The van der Waals surface area contributed by atoms with Gasteiger partial charge in [0.1, 0.15) is 0 Å². The van der Waals surface area contributed by atoms with Crippen LogP contribution in [-0.4, -0.2) is 49.4 Å². The van der Waals surface area contributed by atoms with Crippen LogP contribution in [0.4, 0.5) is 5.69 Å². The highest BCUT2D eigenvalue weighted by atomic mass is 32.2. The molecule has 2 amide bonds. The topological polar surface area (TPSA) is 148 Å².